The Morgan fingerprint density at radius 2 is 2.00 bits per heavy atom. The summed E-state index contributed by atoms with van der Waals surface area (Å²) in [5.74, 6) is 0.581. The van der Waals surface area contributed by atoms with Crippen molar-refractivity contribution in [3.63, 3.8) is 0 Å². The quantitative estimate of drug-likeness (QED) is 0.806. The smallest absolute Gasteiger partial charge is 0.410 e. The van der Waals surface area contributed by atoms with Crippen LogP contribution in [-0.2, 0) is 0 Å². The first-order valence-electron chi connectivity index (χ1n) is 5.23. The first kappa shape index (κ1) is 10.0. The summed E-state index contributed by atoms with van der Waals surface area (Å²) in [6.07, 6.45) is 2.90. The number of hydrogen-bond acceptors (Lipinski definition) is 2. The predicted molar refractivity (Wildman–Crippen MR) is 57.9 cm³/mol. The second kappa shape index (κ2) is 3.93. The van der Waals surface area contributed by atoms with Gasteiger partial charge in [-0.1, -0.05) is 18.2 Å². The van der Waals surface area contributed by atoms with Crippen LogP contribution >= 0.6 is 0 Å². The van der Waals surface area contributed by atoms with Crippen molar-refractivity contribution in [2.45, 2.75) is 31.7 Å². The normalized spacial score (nSPS) is 17.7. The molecule has 0 aliphatic heterocycles. The van der Waals surface area contributed by atoms with Crippen LogP contribution in [0.25, 0.3) is 0 Å². The third-order valence-corrected chi connectivity index (χ3v) is 2.81. The molecule has 1 aromatic carbocycles. The van der Waals surface area contributed by atoms with E-state index in [2.05, 4.69) is 5.32 Å². The van der Waals surface area contributed by atoms with Gasteiger partial charge in [-0.3, -0.25) is 0 Å². The lowest BCUT2D eigenvalue weighted by Gasteiger charge is -2.38. The standard InChI is InChI=1S/C12H15NO2/c1-12(8-5-9-12)13-11(14)15-10-6-3-2-4-7-10/h2-4,6-7H,5,8-9H2,1H3,(H,13,14). The highest BCUT2D eigenvalue weighted by Crippen LogP contribution is 2.30. The molecular weight excluding hydrogens is 190 g/mol. The van der Waals surface area contributed by atoms with E-state index in [1.807, 2.05) is 25.1 Å². The van der Waals surface area contributed by atoms with Crippen molar-refractivity contribution in [1.29, 1.82) is 0 Å². The van der Waals surface area contributed by atoms with E-state index in [4.69, 9.17) is 4.74 Å². The maximum absolute atomic E-state index is 11.5. The van der Waals surface area contributed by atoms with Gasteiger partial charge in [-0.2, -0.15) is 0 Å². The second-order valence-electron chi connectivity index (χ2n) is 4.24. The summed E-state index contributed by atoms with van der Waals surface area (Å²) in [4.78, 5) is 11.5. The van der Waals surface area contributed by atoms with Gasteiger partial charge in [-0.15, -0.1) is 0 Å². The molecule has 1 aromatic rings. The zero-order valence-corrected chi connectivity index (χ0v) is 8.82. The van der Waals surface area contributed by atoms with E-state index < -0.39 is 0 Å². The molecule has 80 valence electrons. The molecule has 1 aliphatic rings. The fourth-order valence-electron chi connectivity index (χ4n) is 1.70. The maximum atomic E-state index is 11.5. The summed E-state index contributed by atoms with van der Waals surface area (Å²) in [6.45, 7) is 2.04. The van der Waals surface area contributed by atoms with Crippen LogP contribution in [0.15, 0.2) is 30.3 Å². The molecule has 3 nitrogen and oxygen atoms in total. The van der Waals surface area contributed by atoms with E-state index in [1.165, 1.54) is 6.42 Å². The van der Waals surface area contributed by atoms with Crippen LogP contribution in [0.1, 0.15) is 26.2 Å². The van der Waals surface area contributed by atoms with Gasteiger partial charge in [0.05, 0.1) is 0 Å². The first-order chi connectivity index (χ1) is 7.18. The molecule has 0 atom stereocenters. The minimum Gasteiger partial charge on any atom is -0.410 e. The van der Waals surface area contributed by atoms with Gasteiger partial charge in [0, 0.05) is 5.54 Å². The summed E-state index contributed by atoms with van der Waals surface area (Å²) in [5, 5.41) is 2.88. The Hall–Kier alpha value is -1.51. The minimum atomic E-state index is -0.358. The van der Waals surface area contributed by atoms with Crippen molar-refractivity contribution in [1.82, 2.24) is 5.32 Å². The summed E-state index contributed by atoms with van der Waals surface area (Å²) < 4.78 is 5.14. The molecule has 1 fully saturated rings. The van der Waals surface area contributed by atoms with Crippen molar-refractivity contribution in [2.24, 2.45) is 0 Å². The number of ether oxygens (including phenoxy) is 1. The minimum absolute atomic E-state index is 0.0497. The van der Waals surface area contributed by atoms with Crippen LogP contribution in [0, 0.1) is 0 Å². The van der Waals surface area contributed by atoms with E-state index in [-0.39, 0.29) is 11.6 Å². The molecule has 15 heavy (non-hydrogen) atoms. The van der Waals surface area contributed by atoms with Crippen molar-refractivity contribution in [3.05, 3.63) is 30.3 Å². The third-order valence-electron chi connectivity index (χ3n) is 2.81. The molecule has 0 bridgehead atoms. The molecule has 1 saturated carbocycles. The average molecular weight is 205 g/mol. The lowest BCUT2D eigenvalue weighted by atomic mass is 9.79. The van der Waals surface area contributed by atoms with Crippen molar-refractivity contribution >= 4 is 6.09 Å². The van der Waals surface area contributed by atoms with Gasteiger partial charge in [-0.05, 0) is 38.3 Å². The molecule has 3 heteroatoms. The summed E-state index contributed by atoms with van der Waals surface area (Å²) in [5.41, 5.74) is -0.0497. The molecular formula is C12H15NO2. The van der Waals surface area contributed by atoms with Gasteiger partial charge in [0.15, 0.2) is 0 Å². The molecule has 0 unspecified atom stereocenters. The van der Waals surface area contributed by atoms with Crippen LogP contribution in [0.2, 0.25) is 0 Å². The van der Waals surface area contributed by atoms with E-state index in [0.29, 0.717) is 5.75 Å². The van der Waals surface area contributed by atoms with Crippen LogP contribution in [-0.4, -0.2) is 11.6 Å². The largest absolute Gasteiger partial charge is 0.413 e. The Labute approximate surface area is 89.4 Å². The highest BCUT2D eigenvalue weighted by atomic mass is 16.6. The van der Waals surface area contributed by atoms with E-state index in [0.717, 1.165) is 12.8 Å². The van der Waals surface area contributed by atoms with Crippen LogP contribution in [0.3, 0.4) is 0 Å². The van der Waals surface area contributed by atoms with Crippen molar-refractivity contribution < 1.29 is 9.53 Å². The van der Waals surface area contributed by atoms with Gasteiger partial charge in [0.1, 0.15) is 5.75 Å². The van der Waals surface area contributed by atoms with Gasteiger partial charge < -0.3 is 10.1 Å². The zero-order valence-electron chi connectivity index (χ0n) is 8.82. The Kier molecular flexibility index (Phi) is 2.62. The maximum Gasteiger partial charge on any atom is 0.413 e. The number of carbonyl (C=O) groups is 1. The van der Waals surface area contributed by atoms with Crippen LogP contribution in [0.4, 0.5) is 4.79 Å². The second-order valence-corrected chi connectivity index (χ2v) is 4.24. The highest BCUT2D eigenvalue weighted by Gasteiger charge is 2.33. The van der Waals surface area contributed by atoms with Crippen LogP contribution < -0.4 is 10.1 Å². The lowest BCUT2D eigenvalue weighted by Crippen LogP contribution is -2.51. The van der Waals surface area contributed by atoms with Gasteiger partial charge in [0.2, 0.25) is 0 Å². The first-order valence-corrected chi connectivity index (χ1v) is 5.23. The Morgan fingerprint density at radius 1 is 1.33 bits per heavy atom. The highest BCUT2D eigenvalue weighted by molar-refractivity contribution is 5.71. The fraction of sp³-hybridized carbons (Fsp3) is 0.417. The number of hydrogen-bond donors (Lipinski definition) is 1. The zero-order chi connectivity index (χ0) is 10.7. The summed E-state index contributed by atoms with van der Waals surface area (Å²) >= 11 is 0. The Morgan fingerprint density at radius 3 is 2.53 bits per heavy atom. The number of nitrogens with one attached hydrogen (secondary N) is 1. The van der Waals surface area contributed by atoms with Crippen molar-refractivity contribution in [3.8, 4) is 5.75 Å². The number of carbonyl (C=O) groups excluding carboxylic acids is 1. The van der Waals surface area contributed by atoms with Gasteiger partial charge >= 0.3 is 6.09 Å². The summed E-state index contributed by atoms with van der Waals surface area (Å²) in [7, 11) is 0. The molecule has 0 saturated heterocycles. The SMILES string of the molecule is CC1(NC(=O)Oc2ccccc2)CCC1. The lowest BCUT2D eigenvalue weighted by molar-refractivity contribution is 0.159. The Bertz CT molecular complexity index is 344. The topological polar surface area (TPSA) is 38.3 Å². The molecule has 1 aliphatic carbocycles. The fourth-order valence-corrected chi connectivity index (χ4v) is 1.70. The number of rotatable bonds is 2. The monoisotopic (exact) mass is 205 g/mol. The molecule has 0 spiro atoms. The summed E-state index contributed by atoms with van der Waals surface area (Å²) in [6, 6.07) is 9.10. The molecule has 1 N–H and O–H groups in total. The van der Waals surface area contributed by atoms with Crippen LogP contribution in [0.5, 0.6) is 5.75 Å². The van der Waals surface area contributed by atoms with Gasteiger partial charge in [0.25, 0.3) is 0 Å². The molecule has 0 radical (unpaired) electrons. The molecule has 1 amide bonds. The van der Waals surface area contributed by atoms with E-state index >= 15 is 0 Å². The molecule has 0 aromatic heterocycles. The van der Waals surface area contributed by atoms with Gasteiger partial charge in [-0.25, -0.2) is 4.79 Å². The number of amides is 1. The predicted octanol–water partition coefficient (Wildman–Crippen LogP) is 2.72. The number of benzene rings is 1. The van der Waals surface area contributed by atoms with E-state index in [1.54, 1.807) is 12.1 Å². The van der Waals surface area contributed by atoms with E-state index in [9.17, 15) is 4.79 Å². The Balaban J connectivity index is 1.87. The molecule has 0 heterocycles. The van der Waals surface area contributed by atoms with Crippen molar-refractivity contribution in [2.75, 3.05) is 0 Å². The molecule has 2 rings (SSSR count). The third kappa shape index (κ3) is 2.49. The number of para-hydroxylation sites is 1. The average Bonchev–Trinajstić information content (AvgIpc) is 2.16.